The highest BCUT2D eigenvalue weighted by atomic mass is 16.5. The highest BCUT2D eigenvalue weighted by molar-refractivity contribution is 5.96. The standard InChI is InChI=1S/C20H28N4O2/c1-6-24(7-2)19(25)18-14(5)22-20(21)23-17(18)12-26-16-10-8-15(9-11-16)13(3)4/h8-11,13H,6-7,12H2,1-5H3,(H2,21,22,23). The first-order chi connectivity index (χ1) is 12.4. The third kappa shape index (κ3) is 4.50. The summed E-state index contributed by atoms with van der Waals surface area (Å²) in [5.41, 5.74) is 8.60. The van der Waals surface area contributed by atoms with Gasteiger partial charge in [0.1, 0.15) is 12.4 Å². The molecule has 0 unspecified atom stereocenters. The second kappa shape index (κ2) is 8.65. The van der Waals surface area contributed by atoms with Gasteiger partial charge in [0.25, 0.3) is 5.91 Å². The van der Waals surface area contributed by atoms with Crippen LogP contribution in [0.15, 0.2) is 24.3 Å². The Morgan fingerprint density at radius 3 is 2.31 bits per heavy atom. The van der Waals surface area contributed by atoms with Crippen molar-refractivity contribution in [2.24, 2.45) is 0 Å². The number of rotatable bonds is 7. The molecule has 0 saturated heterocycles. The molecule has 140 valence electrons. The van der Waals surface area contributed by atoms with Crippen molar-refractivity contribution < 1.29 is 9.53 Å². The number of hydrogen-bond donors (Lipinski definition) is 1. The molecule has 0 aliphatic rings. The minimum absolute atomic E-state index is 0.0961. The molecule has 0 atom stereocenters. The summed E-state index contributed by atoms with van der Waals surface area (Å²) >= 11 is 0. The van der Waals surface area contributed by atoms with E-state index in [2.05, 4.69) is 23.8 Å². The molecule has 0 bridgehead atoms. The molecule has 1 amide bonds. The number of carbonyl (C=O) groups excluding carboxylic acids is 1. The van der Waals surface area contributed by atoms with Crippen LogP contribution in [0, 0.1) is 6.92 Å². The molecule has 6 heteroatoms. The fraction of sp³-hybridized carbons (Fsp3) is 0.450. The van der Waals surface area contributed by atoms with Gasteiger partial charge in [-0.05, 0) is 44.4 Å². The van der Waals surface area contributed by atoms with Crippen LogP contribution in [0.3, 0.4) is 0 Å². The summed E-state index contributed by atoms with van der Waals surface area (Å²) in [7, 11) is 0. The van der Waals surface area contributed by atoms with E-state index in [-0.39, 0.29) is 18.5 Å². The number of carbonyl (C=O) groups is 1. The minimum Gasteiger partial charge on any atom is -0.487 e. The van der Waals surface area contributed by atoms with Crippen molar-refractivity contribution in [3.8, 4) is 5.75 Å². The number of anilines is 1. The number of benzene rings is 1. The average Bonchev–Trinajstić information content (AvgIpc) is 2.60. The van der Waals surface area contributed by atoms with E-state index in [1.807, 2.05) is 38.1 Å². The quantitative estimate of drug-likeness (QED) is 0.820. The molecule has 1 heterocycles. The second-order valence-corrected chi connectivity index (χ2v) is 6.48. The third-order valence-corrected chi connectivity index (χ3v) is 4.37. The van der Waals surface area contributed by atoms with Gasteiger partial charge in [0.2, 0.25) is 5.95 Å². The molecule has 0 radical (unpaired) electrons. The van der Waals surface area contributed by atoms with E-state index in [0.717, 1.165) is 5.75 Å². The van der Waals surface area contributed by atoms with Crippen molar-refractivity contribution in [1.29, 1.82) is 0 Å². The van der Waals surface area contributed by atoms with Crippen molar-refractivity contribution in [1.82, 2.24) is 14.9 Å². The Labute approximate surface area is 155 Å². The first-order valence-electron chi connectivity index (χ1n) is 9.02. The van der Waals surface area contributed by atoms with Crippen molar-refractivity contribution in [3.05, 3.63) is 46.8 Å². The molecule has 6 nitrogen and oxygen atoms in total. The number of nitrogens with two attached hydrogens (primary N) is 1. The average molecular weight is 356 g/mol. The molecule has 2 N–H and O–H groups in total. The van der Waals surface area contributed by atoms with Crippen LogP contribution in [-0.2, 0) is 6.61 Å². The smallest absolute Gasteiger partial charge is 0.257 e. The zero-order valence-corrected chi connectivity index (χ0v) is 16.2. The van der Waals surface area contributed by atoms with E-state index in [4.69, 9.17) is 10.5 Å². The lowest BCUT2D eigenvalue weighted by Gasteiger charge is -2.21. The molecule has 0 saturated carbocycles. The molecule has 2 rings (SSSR count). The summed E-state index contributed by atoms with van der Waals surface area (Å²) in [5, 5.41) is 0. The summed E-state index contributed by atoms with van der Waals surface area (Å²) in [6.45, 7) is 11.4. The molecule has 0 spiro atoms. The first kappa shape index (κ1) is 19.7. The predicted molar refractivity (Wildman–Crippen MR) is 103 cm³/mol. The summed E-state index contributed by atoms with van der Waals surface area (Å²) in [4.78, 5) is 23.0. The van der Waals surface area contributed by atoms with E-state index in [0.29, 0.717) is 36.0 Å². The minimum atomic E-state index is -0.0961. The lowest BCUT2D eigenvalue weighted by molar-refractivity contribution is 0.0768. The van der Waals surface area contributed by atoms with Gasteiger partial charge >= 0.3 is 0 Å². The topological polar surface area (TPSA) is 81.3 Å². The van der Waals surface area contributed by atoms with Crippen LogP contribution in [0.1, 0.15) is 60.9 Å². The Morgan fingerprint density at radius 1 is 1.15 bits per heavy atom. The summed E-state index contributed by atoms with van der Waals surface area (Å²) in [6, 6.07) is 7.94. The highest BCUT2D eigenvalue weighted by Crippen LogP contribution is 2.21. The summed E-state index contributed by atoms with van der Waals surface area (Å²) in [6.07, 6.45) is 0. The number of amides is 1. The lowest BCUT2D eigenvalue weighted by atomic mass is 10.0. The summed E-state index contributed by atoms with van der Waals surface area (Å²) in [5.74, 6) is 1.24. The number of nitrogens with zero attached hydrogens (tertiary/aromatic N) is 3. The number of ether oxygens (including phenoxy) is 1. The van der Waals surface area contributed by atoms with Crippen LogP contribution in [0.2, 0.25) is 0 Å². The highest BCUT2D eigenvalue weighted by Gasteiger charge is 2.22. The molecule has 0 fully saturated rings. The Bertz CT molecular complexity index is 753. The lowest BCUT2D eigenvalue weighted by Crippen LogP contribution is -2.32. The van der Waals surface area contributed by atoms with Crippen LogP contribution >= 0.6 is 0 Å². The maximum atomic E-state index is 12.8. The van der Waals surface area contributed by atoms with Crippen LogP contribution in [0.4, 0.5) is 5.95 Å². The largest absolute Gasteiger partial charge is 0.487 e. The molecule has 1 aromatic carbocycles. The Hall–Kier alpha value is -2.63. The molecule has 2 aromatic rings. The van der Waals surface area contributed by atoms with E-state index < -0.39 is 0 Å². The van der Waals surface area contributed by atoms with Crippen LogP contribution < -0.4 is 10.5 Å². The Balaban J connectivity index is 2.26. The van der Waals surface area contributed by atoms with Crippen LogP contribution in [0.5, 0.6) is 5.75 Å². The SMILES string of the molecule is CCN(CC)C(=O)c1c(C)nc(N)nc1COc1ccc(C(C)C)cc1. The van der Waals surface area contributed by atoms with Gasteiger partial charge in [-0.15, -0.1) is 0 Å². The zero-order valence-electron chi connectivity index (χ0n) is 16.2. The number of aromatic nitrogens is 2. The summed E-state index contributed by atoms with van der Waals surface area (Å²) < 4.78 is 5.86. The van der Waals surface area contributed by atoms with Crippen LogP contribution in [-0.4, -0.2) is 33.9 Å². The third-order valence-electron chi connectivity index (χ3n) is 4.37. The maximum absolute atomic E-state index is 12.8. The Morgan fingerprint density at radius 2 is 1.77 bits per heavy atom. The van der Waals surface area contributed by atoms with E-state index >= 15 is 0 Å². The number of aryl methyl sites for hydroxylation is 1. The fourth-order valence-electron chi connectivity index (χ4n) is 2.81. The van der Waals surface area contributed by atoms with Crippen molar-refractivity contribution in [2.45, 2.75) is 47.1 Å². The van der Waals surface area contributed by atoms with Crippen molar-refractivity contribution in [2.75, 3.05) is 18.8 Å². The van der Waals surface area contributed by atoms with Crippen molar-refractivity contribution >= 4 is 11.9 Å². The van der Waals surface area contributed by atoms with E-state index in [1.54, 1.807) is 11.8 Å². The first-order valence-corrected chi connectivity index (χ1v) is 9.02. The predicted octanol–water partition coefficient (Wildman–Crippen LogP) is 3.55. The van der Waals surface area contributed by atoms with Gasteiger partial charge in [-0.25, -0.2) is 9.97 Å². The molecular formula is C20H28N4O2. The molecule has 1 aromatic heterocycles. The van der Waals surface area contributed by atoms with Gasteiger partial charge < -0.3 is 15.4 Å². The normalized spacial score (nSPS) is 10.8. The zero-order chi connectivity index (χ0) is 19.3. The van der Waals surface area contributed by atoms with E-state index in [1.165, 1.54) is 5.56 Å². The number of hydrogen-bond acceptors (Lipinski definition) is 5. The molecular weight excluding hydrogens is 328 g/mol. The fourth-order valence-corrected chi connectivity index (χ4v) is 2.81. The second-order valence-electron chi connectivity index (χ2n) is 6.48. The van der Waals surface area contributed by atoms with Gasteiger partial charge in [-0.1, -0.05) is 26.0 Å². The van der Waals surface area contributed by atoms with Gasteiger partial charge in [0.15, 0.2) is 0 Å². The van der Waals surface area contributed by atoms with Gasteiger partial charge in [0.05, 0.1) is 17.0 Å². The van der Waals surface area contributed by atoms with Gasteiger partial charge in [-0.2, -0.15) is 0 Å². The monoisotopic (exact) mass is 356 g/mol. The molecule has 26 heavy (non-hydrogen) atoms. The van der Waals surface area contributed by atoms with E-state index in [9.17, 15) is 4.79 Å². The maximum Gasteiger partial charge on any atom is 0.257 e. The Kier molecular flexibility index (Phi) is 6.55. The van der Waals surface area contributed by atoms with Crippen molar-refractivity contribution in [3.63, 3.8) is 0 Å². The van der Waals surface area contributed by atoms with Gasteiger partial charge in [0, 0.05) is 13.1 Å². The number of nitrogen functional groups attached to an aromatic ring is 1. The molecule has 0 aliphatic heterocycles. The molecule has 0 aliphatic carbocycles. The van der Waals surface area contributed by atoms with Gasteiger partial charge in [-0.3, -0.25) is 4.79 Å². The van der Waals surface area contributed by atoms with Crippen LogP contribution in [0.25, 0.3) is 0 Å².